The zero-order valence-corrected chi connectivity index (χ0v) is 12.2. The second-order valence-electron chi connectivity index (χ2n) is 5.31. The first-order valence-corrected chi connectivity index (χ1v) is 6.54. The molecule has 0 saturated heterocycles. The summed E-state index contributed by atoms with van der Waals surface area (Å²) in [6.07, 6.45) is 1.95. The lowest BCUT2D eigenvalue weighted by Crippen LogP contribution is -2.30. The van der Waals surface area contributed by atoms with Crippen molar-refractivity contribution in [1.29, 1.82) is 0 Å². The number of para-hydroxylation sites is 1. The Morgan fingerprint density at radius 3 is 2.53 bits per heavy atom. The minimum atomic E-state index is -0.389. The van der Waals surface area contributed by atoms with Crippen LogP contribution in [0.5, 0.6) is 5.75 Å². The van der Waals surface area contributed by atoms with Gasteiger partial charge in [0.1, 0.15) is 11.4 Å². The molecule has 0 fully saturated rings. The van der Waals surface area contributed by atoms with Crippen molar-refractivity contribution in [2.75, 3.05) is 13.7 Å². The Hall–Kier alpha value is -1.71. The molecule has 1 N–H and O–H groups in total. The number of alkyl carbamates (subject to hydrolysis) is 1. The summed E-state index contributed by atoms with van der Waals surface area (Å²) >= 11 is 0. The first-order valence-electron chi connectivity index (χ1n) is 6.54. The molecule has 4 nitrogen and oxygen atoms in total. The van der Waals surface area contributed by atoms with Gasteiger partial charge in [0.2, 0.25) is 0 Å². The van der Waals surface area contributed by atoms with Crippen molar-refractivity contribution in [3.8, 4) is 5.75 Å². The third-order valence-electron chi connectivity index (χ3n) is 2.42. The number of benzene rings is 1. The molecule has 0 saturated carbocycles. The number of hydrogen-bond acceptors (Lipinski definition) is 3. The van der Waals surface area contributed by atoms with Gasteiger partial charge in [0.05, 0.1) is 6.61 Å². The normalized spacial score (nSPS) is 13.3. The molecule has 0 unspecified atom stereocenters. The lowest BCUT2D eigenvalue weighted by atomic mass is 10.1. The van der Waals surface area contributed by atoms with Gasteiger partial charge in [0.25, 0.3) is 0 Å². The number of carbonyl (C=O) groups excluding carboxylic acids is 1. The molecule has 1 heterocycles. The molecule has 1 aromatic carbocycles. The highest BCUT2D eigenvalue weighted by Gasteiger charge is 2.14. The molecule has 0 atom stereocenters. The maximum Gasteiger partial charge on any atom is 0.407 e. The first-order chi connectivity index (χ1) is 8.92. The average Bonchev–Trinajstić information content (AvgIpc) is 2.37. The summed E-state index contributed by atoms with van der Waals surface area (Å²) in [5.41, 5.74) is 0.967. The number of aryl methyl sites for hydroxylation is 1. The van der Waals surface area contributed by atoms with Crippen molar-refractivity contribution in [2.45, 2.75) is 39.2 Å². The smallest absolute Gasteiger partial charge is 0.407 e. The molecule has 0 radical (unpaired) electrons. The molecule has 106 valence electrons. The first kappa shape index (κ1) is 15.3. The topological polar surface area (TPSA) is 47.6 Å². The van der Waals surface area contributed by atoms with E-state index in [0.717, 1.165) is 18.8 Å². The Morgan fingerprint density at radius 1 is 1.32 bits per heavy atom. The highest BCUT2D eigenvalue weighted by molar-refractivity contribution is 5.67. The summed E-state index contributed by atoms with van der Waals surface area (Å²) in [4.78, 5) is 10.5. The maximum absolute atomic E-state index is 10.5. The SMILES string of the molecule is CNC(=O)OC(C)(C)C.c1ccc2c(c1)CCCO2. The van der Waals surface area contributed by atoms with Crippen molar-refractivity contribution in [2.24, 2.45) is 0 Å². The zero-order chi connectivity index (χ0) is 14.3. The summed E-state index contributed by atoms with van der Waals surface area (Å²) in [5, 5.41) is 2.36. The number of amides is 1. The highest BCUT2D eigenvalue weighted by Crippen LogP contribution is 2.23. The van der Waals surface area contributed by atoms with E-state index in [-0.39, 0.29) is 11.7 Å². The summed E-state index contributed by atoms with van der Waals surface area (Å²) in [7, 11) is 1.54. The van der Waals surface area contributed by atoms with E-state index < -0.39 is 0 Å². The highest BCUT2D eigenvalue weighted by atomic mass is 16.6. The van der Waals surface area contributed by atoms with E-state index in [1.165, 1.54) is 19.0 Å². The fourth-order valence-electron chi connectivity index (χ4n) is 1.63. The lowest BCUT2D eigenvalue weighted by molar-refractivity contribution is 0.0541. The van der Waals surface area contributed by atoms with Gasteiger partial charge in [-0.15, -0.1) is 0 Å². The number of nitrogens with one attached hydrogen (secondary N) is 1. The Balaban J connectivity index is 0.000000192. The van der Waals surface area contributed by atoms with E-state index in [9.17, 15) is 4.79 Å². The van der Waals surface area contributed by atoms with Gasteiger partial charge in [-0.3, -0.25) is 0 Å². The molecule has 1 aliphatic heterocycles. The van der Waals surface area contributed by atoms with Crippen LogP contribution in [0.4, 0.5) is 4.79 Å². The van der Waals surface area contributed by atoms with Crippen LogP contribution >= 0.6 is 0 Å². The van der Waals surface area contributed by atoms with Gasteiger partial charge >= 0.3 is 6.09 Å². The van der Waals surface area contributed by atoms with Crippen molar-refractivity contribution < 1.29 is 14.3 Å². The summed E-state index contributed by atoms with van der Waals surface area (Å²) < 4.78 is 10.3. The van der Waals surface area contributed by atoms with Crippen LogP contribution in [0.2, 0.25) is 0 Å². The van der Waals surface area contributed by atoms with Crippen LogP contribution in [-0.4, -0.2) is 25.3 Å². The quantitative estimate of drug-likeness (QED) is 0.784. The van der Waals surface area contributed by atoms with Crippen LogP contribution in [0.3, 0.4) is 0 Å². The molecule has 0 bridgehead atoms. The second-order valence-corrected chi connectivity index (χ2v) is 5.31. The molecule has 0 spiro atoms. The lowest BCUT2D eigenvalue weighted by Gasteiger charge is -2.18. The van der Waals surface area contributed by atoms with E-state index in [1.54, 1.807) is 0 Å². The average molecular weight is 265 g/mol. The van der Waals surface area contributed by atoms with Gasteiger partial charge in [-0.2, -0.15) is 0 Å². The van der Waals surface area contributed by atoms with Crippen LogP contribution in [0.15, 0.2) is 24.3 Å². The maximum atomic E-state index is 10.5. The largest absolute Gasteiger partial charge is 0.493 e. The fraction of sp³-hybridized carbons (Fsp3) is 0.533. The Kier molecular flexibility index (Phi) is 5.67. The molecule has 19 heavy (non-hydrogen) atoms. The number of fused-ring (bicyclic) bond motifs is 1. The minimum Gasteiger partial charge on any atom is -0.493 e. The van der Waals surface area contributed by atoms with E-state index in [4.69, 9.17) is 9.47 Å². The van der Waals surface area contributed by atoms with Gasteiger partial charge in [-0.1, -0.05) is 18.2 Å². The van der Waals surface area contributed by atoms with E-state index in [0.29, 0.717) is 0 Å². The van der Waals surface area contributed by atoms with Crippen LogP contribution in [0.1, 0.15) is 32.8 Å². The van der Waals surface area contributed by atoms with Crippen LogP contribution < -0.4 is 10.1 Å². The molecule has 1 aromatic rings. The van der Waals surface area contributed by atoms with Gasteiger partial charge in [-0.25, -0.2) is 4.79 Å². The second kappa shape index (κ2) is 7.02. The van der Waals surface area contributed by atoms with Crippen LogP contribution in [0.25, 0.3) is 0 Å². The third-order valence-corrected chi connectivity index (χ3v) is 2.42. The van der Waals surface area contributed by atoms with Crippen molar-refractivity contribution in [1.82, 2.24) is 5.32 Å². The molecule has 1 aliphatic rings. The Labute approximate surface area is 115 Å². The molecular weight excluding hydrogens is 242 g/mol. The predicted molar refractivity (Wildman–Crippen MR) is 75.6 cm³/mol. The van der Waals surface area contributed by atoms with Gasteiger partial charge < -0.3 is 14.8 Å². The molecule has 1 amide bonds. The molecule has 4 heteroatoms. The van der Waals surface area contributed by atoms with Gasteiger partial charge in [-0.05, 0) is 45.2 Å². The number of carbonyl (C=O) groups is 1. The molecule has 0 aliphatic carbocycles. The van der Waals surface area contributed by atoms with Gasteiger partial charge in [0.15, 0.2) is 0 Å². The van der Waals surface area contributed by atoms with Crippen LogP contribution in [-0.2, 0) is 11.2 Å². The van der Waals surface area contributed by atoms with Crippen LogP contribution in [0, 0.1) is 0 Å². The minimum absolute atomic E-state index is 0.387. The van der Waals surface area contributed by atoms with Crippen molar-refractivity contribution >= 4 is 6.09 Å². The Bertz CT molecular complexity index is 385. The van der Waals surface area contributed by atoms with Crippen molar-refractivity contribution in [3.63, 3.8) is 0 Å². The summed E-state index contributed by atoms with van der Waals surface area (Å²) in [5.74, 6) is 1.08. The molecule has 2 rings (SSSR count). The number of ether oxygens (including phenoxy) is 2. The van der Waals surface area contributed by atoms with Crippen molar-refractivity contribution in [3.05, 3.63) is 29.8 Å². The van der Waals surface area contributed by atoms with E-state index in [1.807, 2.05) is 32.9 Å². The number of rotatable bonds is 0. The third kappa shape index (κ3) is 6.13. The predicted octanol–water partition coefficient (Wildman–Crippen LogP) is 3.15. The van der Waals surface area contributed by atoms with E-state index >= 15 is 0 Å². The zero-order valence-electron chi connectivity index (χ0n) is 12.2. The molecular formula is C15H23NO3. The van der Waals surface area contributed by atoms with E-state index in [2.05, 4.69) is 17.4 Å². The fourth-order valence-corrected chi connectivity index (χ4v) is 1.63. The summed E-state index contributed by atoms with van der Waals surface area (Å²) in [6, 6.07) is 8.25. The molecule has 0 aromatic heterocycles. The monoisotopic (exact) mass is 265 g/mol. The number of hydrogen-bond donors (Lipinski definition) is 1. The summed E-state index contributed by atoms with van der Waals surface area (Å²) in [6.45, 7) is 6.35. The Morgan fingerprint density at radius 2 is 2.00 bits per heavy atom. The van der Waals surface area contributed by atoms with Gasteiger partial charge in [0, 0.05) is 7.05 Å². The standard InChI is InChI=1S/C9H10O.C6H13NO2/c1-2-6-9-8(4-1)5-3-7-10-9;1-6(2,3)9-5(8)7-4/h1-2,4,6H,3,5,7H2;1-4H3,(H,7,8).